The number of aliphatic hydroxyl groups is 2. The molecule has 4 unspecified atom stereocenters. The second kappa shape index (κ2) is 31.9. The van der Waals surface area contributed by atoms with Crippen LogP contribution < -0.4 is 11.4 Å². The number of hydrogen-bond acceptors (Lipinski definition) is 16. The Morgan fingerprint density at radius 1 is 0.776 bits per heavy atom. The molecular weight excluding hydrogens is 912 g/mol. The van der Waals surface area contributed by atoms with E-state index in [1.54, 1.807) is 0 Å². The maximum Gasteiger partial charge on any atom is 0.481 e. The normalized spacial score (nSPS) is 23.0. The topological polar surface area (TPSA) is 278 Å². The first-order valence-corrected chi connectivity index (χ1v) is 27.0. The molecule has 21 heteroatoms. The Hall–Kier alpha value is -3.06. The third-order valence-electron chi connectivity index (χ3n) is 11.1. The number of aliphatic hydroxyl groups excluding tert-OH is 2. The summed E-state index contributed by atoms with van der Waals surface area (Å²) in [5, 5.41) is 20.9. The van der Waals surface area contributed by atoms with Gasteiger partial charge in [-0.25, -0.2) is 13.9 Å². The molecule has 382 valence electrons. The minimum atomic E-state index is -5.44. The largest absolute Gasteiger partial charge is 0.481 e. The monoisotopic (exact) mass is 989 g/mol. The van der Waals surface area contributed by atoms with Gasteiger partial charge in [-0.05, 0) is 63.4 Å². The third kappa shape index (κ3) is 25.4. The van der Waals surface area contributed by atoms with Crippen molar-refractivity contribution in [2.45, 2.75) is 192 Å². The van der Waals surface area contributed by atoms with E-state index in [4.69, 9.17) is 33.7 Å². The number of unbranched alkanes of at least 4 members (excludes halogenated alkanes) is 11. The lowest BCUT2D eigenvalue weighted by molar-refractivity contribution is -0.161. The standard InChI is InChI=1S/C46H77N3O16P2/c1-4-5-6-7-8-9-13-16-21-26-37-38(63-37)27-22-18-19-24-29-42(51)62-36(32-59-41(50)28-23-17-14-11-10-12-15-20-25-35(2)3)33-60-66(55,56)65-67(57,58)61-34-39-43(52)44(53)45(64-39)49-31-30-40(47)48-46(49)54/h8-9,16,18,21-22,30-31,35-39,43-45,52-53H,4-7,10-15,17,19-20,23-29,32-34H2,1-3H3,(H,55,56)(H,57,58)(H2,47,48,54)/b9-8-,21-16-,22-18-/t36-,37?,38?,39-,43-,44-,45-/m1/s1. The maximum atomic E-state index is 12.8. The minimum Gasteiger partial charge on any atom is -0.462 e. The van der Waals surface area contributed by atoms with Crippen molar-refractivity contribution >= 4 is 33.4 Å². The van der Waals surface area contributed by atoms with Crippen molar-refractivity contribution in [1.29, 1.82) is 0 Å². The van der Waals surface area contributed by atoms with E-state index in [-0.39, 0.29) is 30.9 Å². The smallest absolute Gasteiger partial charge is 0.462 e. The summed E-state index contributed by atoms with van der Waals surface area (Å²) < 4.78 is 62.4. The van der Waals surface area contributed by atoms with E-state index in [2.05, 4.69) is 54.4 Å². The molecule has 67 heavy (non-hydrogen) atoms. The Labute approximate surface area is 395 Å². The molecule has 1 aromatic heterocycles. The number of allylic oxidation sites excluding steroid dienone is 4. The molecule has 0 saturated carbocycles. The highest BCUT2D eigenvalue weighted by atomic mass is 31.3. The number of ether oxygens (including phenoxy) is 4. The van der Waals surface area contributed by atoms with Gasteiger partial charge in [-0.3, -0.25) is 23.2 Å². The van der Waals surface area contributed by atoms with Crippen molar-refractivity contribution in [3.63, 3.8) is 0 Å². The zero-order chi connectivity index (χ0) is 49.1. The lowest BCUT2D eigenvalue weighted by Crippen LogP contribution is -2.36. The van der Waals surface area contributed by atoms with E-state index in [1.807, 2.05) is 12.2 Å². The van der Waals surface area contributed by atoms with Gasteiger partial charge in [-0.15, -0.1) is 0 Å². The van der Waals surface area contributed by atoms with Gasteiger partial charge in [0.15, 0.2) is 12.3 Å². The molecule has 0 radical (unpaired) electrons. The summed E-state index contributed by atoms with van der Waals surface area (Å²) in [5.74, 6) is -0.660. The van der Waals surface area contributed by atoms with Crippen molar-refractivity contribution in [3.05, 3.63) is 59.2 Å². The fourth-order valence-corrected chi connectivity index (χ4v) is 9.29. The number of phosphoric acid groups is 2. The summed E-state index contributed by atoms with van der Waals surface area (Å²) in [7, 11) is -10.9. The molecule has 2 aliphatic rings. The number of epoxide rings is 1. The van der Waals surface area contributed by atoms with Crippen molar-refractivity contribution < 1.29 is 71.0 Å². The van der Waals surface area contributed by atoms with Gasteiger partial charge in [0.05, 0.1) is 25.4 Å². The number of rotatable bonds is 37. The van der Waals surface area contributed by atoms with E-state index >= 15 is 0 Å². The molecule has 2 aliphatic heterocycles. The Bertz CT molecular complexity index is 1840. The van der Waals surface area contributed by atoms with E-state index < -0.39 is 83.7 Å². The number of nitrogens with zero attached hydrogens (tertiary/aromatic N) is 2. The van der Waals surface area contributed by atoms with Gasteiger partial charge >= 0.3 is 33.3 Å². The molecule has 6 N–H and O–H groups in total. The average molecular weight is 990 g/mol. The average Bonchev–Trinajstić information content (AvgIpc) is 3.96. The van der Waals surface area contributed by atoms with Gasteiger partial charge < -0.3 is 44.7 Å². The Morgan fingerprint density at radius 2 is 1.39 bits per heavy atom. The van der Waals surface area contributed by atoms with Gasteiger partial charge in [0.25, 0.3) is 0 Å². The molecule has 0 bridgehead atoms. The summed E-state index contributed by atoms with van der Waals surface area (Å²) >= 11 is 0. The molecule has 0 aliphatic carbocycles. The second-order valence-corrected chi connectivity index (χ2v) is 20.5. The van der Waals surface area contributed by atoms with Crippen LogP contribution in [-0.2, 0) is 51.0 Å². The second-order valence-electron chi connectivity index (χ2n) is 17.5. The van der Waals surface area contributed by atoms with Crippen LogP contribution in [0.3, 0.4) is 0 Å². The molecule has 3 heterocycles. The quantitative estimate of drug-likeness (QED) is 0.0138. The van der Waals surface area contributed by atoms with E-state index in [1.165, 1.54) is 51.0 Å². The number of anilines is 1. The van der Waals surface area contributed by atoms with Gasteiger partial charge in [-0.1, -0.05) is 121 Å². The van der Waals surface area contributed by atoms with Crippen molar-refractivity contribution in [2.75, 3.05) is 25.6 Å². The SMILES string of the molecule is CCCCC/C=C\C/C=C\CC1OC1C/C=C\CCCC(=O)O[C@H](COC(=O)CCCCCCCCCCC(C)C)COP(=O)(O)OP(=O)(O)OC[C@H]1O[C@@H](n2ccc(N)nc2=O)[C@H](O)[C@@H]1O. The van der Waals surface area contributed by atoms with Crippen molar-refractivity contribution in [1.82, 2.24) is 9.55 Å². The summed E-state index contributed by atoms with van der Waals surface area (Å²) in [6.45, 7) is 4.29. The van der Waals surface area contributed by atoms with Gasteiger partial charge in [0.1, 0.15) is 30.7 Å². The molecule has 2 fully saturated rings. The number of aromatic nitrogens is 2. The van der Waals surface area contributed by atoms with Crippen LogP contribution in [0.4, 0.5) is 5.82 Å². The minimum absolute atomic E-state index is 0.0337. The van der Waals surface area contributed by atoms with E-state index in [0.29, 0.717) is 25.2 Å². The van der Waals surface area contributed by atoms with Crippen LogP contribution in [0.25, 0.3) is 0 Å². The molecule has 3 rings (SSSR count). The fraction of sp³-hybridized carbons (Fsp3) is 0.739. The number of hydrogen-bond donors (Lipinski definition) is 5. The third-order valence-corrected chi connectivity index (χ3v) is 13.7. The molecule has 0 spiro atoms. The van der Waals surface area contributed by atoms with Crippen molar-refractivity contribution in [3.8, 4) is 0 Å². The zero-order valence-electron chi connectivity index (χ0n) is 39.6. The maximum absolute atomic E-state index is 12.8. The first-order valence-electron chi connectivity index (χ1n) is 24.0. The molecule has 2 saturated heterocycles. The van der Waals surface area contributed by atoms with E-state index in [0.717, 1.165) is 62.1 Å². The number of carbonyl (C=O) groups excluding carboxylic acids is 2. The molecule has 0 aromatic carbocycles. The highest BCUT2D eigenvalue weighted by molar-refractivity contribution is 7.61. The van der Waals surface area contributed by atoms with Crippen LogP contribution >= 0.6 is 15.6 Å². The lowest BCUT2D eigenvalue weighted by atomic mass is 10.0. The first-order chi connectivity index (χ1) is 32.0. The van der Waals surface area contributed by atoms with Gasteiger partial charge in [-0.2, -0.15) is 9.29 Å². The van der Waals surface area contributed by atoms with E-state index in [9.17, 15) is 43.5 Å². The Balaban J connectivity index is 1.44. The lowest BCUT2D eigenvalue weighted by Gasteiger charge is -2.21. The first kappa shape index (κ1) is 58.3. The summed E-state index contributed by atoms with van der Waals surface area (Å²) in [6.07, 6.45) is 24.3. The summed E-state index contributed by atoms with van der Waals surface area (Å²) in [6, 6.07) is 1.24. The fourth-order valence-electron chi connectivity index (χ4n) is 7.18. The molecule has 9 atom stereocenters. The van der Waals surface area contributed by atoms with Gasteiger partial charge in [0, 0.05) is 19.0 Å². The number of esters is 2. The summed E-state index contributed by atoms with van der Waals surface area (Å²) in [4.78, 5) is 61.8. The zero-order valence-corrected chi connectivity index (χ0v) is 41.3. The Kier molecular flexibility index (Phi) is 27.8. The molecular formula is C46H77N3O16P2. The molecule has 19 nitrogen and oxygen atoms in total. The predicted octanol–water partition coefficient (Wildman–Crippen LogP) is 8.06. The number of nitrogen functional groups attached to an aromatic ring is 1. The van der Waals surface area contributed by atoms with Crippen LogP contribution in [0, 0.1) is 5.92 Å². The summed E-state index contributed by atoms with van der Waals surface area (Å²) in [5.41, 5.74) is 4.58. The molecule has 1 aromatic rings. The van der Waals surface area contributed by atoms with Gasteiger partial charge in [0.2, 0.25) is 0 Å². The highest BCUT2D eigenvalue weighted by Gasteiger charge is 2.46. The van der Waals surface area contributed by atoms with Crippen LogP contribution in [0.2, 0.25) is 0 Å². The number of nitrogens with two attached hydrogens (primary N) is 1. The number of phosphoric ester groups is 2. The van der Waals surface area contributed by atoms with Crippen LogP contribution in [-0.4, -0.2) is 97.9 Å². The molecule has 0 amide bonds. The van der Waals surface area contributed by atoms with Crippen LogP contribution in [0.5, 0.6) is 0 Å². The number of carbonyl (C=O) groups is 2. The van der Waals surface area contributed by atoms with Crippen LogP contribution in [0.15, 0.2) is 53.5 Å². The highest BCUT2D eigenvalue weighted by Crippen LogP contribution is 2.60. The van der Waals surface area contributed by atoms with Crippen molar-refractivity contribution in [2.24, 2.45) is 5.92 Å². The van der Waals surface area contributed by atoms with Crippen LogP contribution in [0.1, 0.15) is 155 Å². The Morgan fingerprint density at radius 3 is 2.07 bits per heavy atom. The predicted molar refractivity (Wildman–Crippen MR) is 251 cm³/mol.